The molecule has 4 heteroatoms. The van der Waals surface area contributed by atoms with E-state index in [2.05, 4.69) is 17.2 Å². The number of hydrogen-bond donors (Lipinski definition) is 2. The summed E-state index contributed by atoms with van der Waals surface area (Å²) >= 11 is 0. The number of amides is 1. The minimum atomic E-state index is -0.582. The second kappa shape index (κ2) is 5.65. The Morgan fingerprint density at radius 2 is 2.11 bits per heavy atom. The molecule has 96 valence electrons. The van der Waals surface area contributed by atoms with Crippen LogP contribution in [0.2, 0.25) is 0 Å². The summed E-state index contributed by atoms with van der Waals surface area (Å²) in [5, 5.41) is 11.1. The number of carbonyl (C=O) groups is 1. The normalized spacial score (nSPS) is 10.5. The highest BCUT2D eigenvalue weighted by Crippen LogP contribution is 2.20. The summed E-state index contributed by atoms with van der Waals surface area (Å²) in [5.74, 6) is 4.22. The third-order valence-corrected chi connectivity index (χ3v) is 2.21. The zero-order chi connectivity index (χ0) is 13.8. The third-order valence-electron chi connectivity index (χ3n) is 2.21. The molecule has 0 atom stereocenters. The van der Waals surface area contributed by atoms with Gasteiger partial charge < -0.3 is 10.4 Å². The number of hydrogen-bond acceptors (Lipinski definition) is 2. The van der Waals surface area contributed by atoms with Gasteiger partial charge >= 0.3 is 0 Å². The SMILES string of the molecule is CC(C)(C)C(=O)Nc1ccc(C#CCO)cc1F. The summed E-state index contributed by atoms with van der Waals surface area (Å²) in [5.41, 5.74) is 0.00159. The van der Waals surface area contributed by atoms with Crippen molar-refractivity contribution in [3.8, 4) is 11.8 Å². The van der Waals surface area contributed by atoms with Crippen LogP contribution < -0.4 is 5.32 Å². The molecule has 0 aliphatic heterocycles. The van der Waals surface area contributed by atoms with Gasteiger partial charge in [0.05, 0.1) is 5.69 Å². The molecule has 1 amide bonds. The highest BCUT2D eigenvalue weighted by molar-refractivity contribution is 5.94. The summed E-state index contributed by atoms with van der Waals surface area (Å²) in [6, 6.07) is 4.27. The third kappa shape index (κ3) is 3.86. The number of rotatable bonds is 1. The lowest BCUT2D eigenvalue weighted by Gasteiger charge is -2.17. The number of carbonyl (C=O) groups excluding carboxylic acids is 1. The summed E-state index contributed by atoms with van der Waals surface area (Å²) in [4.78, 5) is 11.7. The van der Waals surface area contributed by atoms with Gasteiger partial charge in [-0.2, -0.15) is 0 Å². The summed E-state index contributed by atoms with van der Waals surface area (Å²) in [6.45, 7) is 4.98. The van der Waals surface area contributed by atoms with Gasteiger partial charge in [-0.15, -0.1) is 0 Å². The zero-order valence-corrected chi connectivity index (χ0v) is 10.7. The van der Waals surface area contributed by atoms with Gasteiger partial charge in [0.2, 0.25) is 5.91 Å². The Bertz CT molecular complexity index is 507. The lowest BCUT2D eigenvalue weighted by molar-refractivity contribution is -0.123. The van der Waals surface area contributed by atoms with E-state index in [0.717, 1.165) is 0 Å². The fourth-order valence-corrected chi connectivity index (χ4v) is 1.15. The highest BCUT2D eigenvalue weighted by Gasteiger charge is 2.22. The molecule has 3 nitrogen and oxygen atoms in total. The number of halogens is 1. The number of nitrogens with one attached hydrogen (secondary N) is 1. The van der Waals surface area contributed by atoms with Crippen molar-refractivity contribution < 1.29 is 14.3 Å². The Kier molecular flexibility index (Phi) is 4.46. The Morgan fingerprint density at radius 3 is 2.61 bits per heavy atom. The van der Waals surface area contributed by atoms with Crippen LogP contribution in [0.15, 0.2) is 18.2 Å². The largest absolute Gasteiger partial charge is 0.384 e. The van der Waals surface area contributed by atoms with Crippen LogP contribution in [0.25, 0.3) is 0 Å². The molecule has 0 fully saturated rings. The first-order valence-electron chi connectivity index (χ1n) is 5.55. The van der Waals surface area contributed by atoms with E-state index in [1.165, 1.54) is 12.1 Å². The summed E-state index contributed by atoms with van der Waals surface area (Å²) in [6.07, 6.45) is 0. The molecule has 1 rings (SSSR count). The van der Waals surface area contributed by atoms with Crippen molar-refractivity contribution in [1.82, 2.24) is 0 Å². The van der Waals surface area contributed by atoms with Crippen LogP contribution in [0.3, 0.4) is 0 Å². The number of aliphatic hydroxyl groups is 1. The van der Waals surface area contributed by atoms with Gasteiger partial charge in [-0.05, 0) is 18.2 Å². The molecule has 0 aliphatic rings. The molecule has 18 heavy (non-hydrogen) atoms. The molecule has 0 aromatic heterocycles. The van der Waals surface area contributed by atoms with E-state index < -0.39 is 11.2 Å². The number of benzene rings is 1. The molecular formula is C14H16FNO2. The molecular weight excluding hydrogens is 233 g/mol. The molecule has 1 aromatic rings. The van der Waals surface area contributed by atoms with Gasteiger partial charge in [-0.25, -0.2) is 4.39 Å². The fourth-order valence-electron chi connectivity index (χ4n) is 1.15. The second-order valence-corrected chi connectivity index (χ2v) is 4.86. The first-order chi connectivity index (χ1) is 8.34. The molecule has 2 N–H and O–H groups in total. The summed E-state index contributed by atoms with van der Waals surface area (Å²) in [7, 11) is 0. The van der Waals surface area contributed by atoms with Crippen LogP contribution in [0.5, 0.6) is 0 Å². The Labute approximate surface area is 106 Å². The van der Waals surface area contributed by atoms with E-state index in [0.29, 0.717) is 5.56 Å². The van der Waals surface area contributed by atoms with E-state index in [4.69, 9.17) is 5.11 Å². The van der Waals surface area contributed by atoms with E-state index in [9.17, 15) is 9.18 Å². The molecule has 0 spiro atoms. The molecule has 0 heterocycles. The van der Waals surface area contributed by atoms with Gasteiger partial charge in [0.15, 0.2) is 0 Å². The topological polar surface area (TPSA) is 49.3 Å². The molecule has 1 aromatic carbocycles. The monoisotopic (exact) mass is 249 g/mol. The zero-order valence-electron chi connectivity index (χ0n) is 10.7. The second-order valence-electron chi connectivity index (χ2n) is 4.86. The van der Waals surface area contributed by atoms with Crippen molar-refractivity contribution in [3.63, 3.8) is 0 Å². The molecule has 0 unspecified atom stereocenters. The van der Waals surface area contributed by atoms with E-state index in [-0.39, 0.29) is 18.2 Å². The fraction of sp³-hybridized carbons (Fsp3) is 0.357. The highest BCUT2D eigenvalue weighted by atomic mass is 19.1. The average Bonchev–Trinajstić information content (AvgIpc) is 2.28. The molecule has 0 saturated heterocycles. The van der Waals surface area contributed by atoms with Gasteiger partial charge in [-0.3, -0.25) is 4.79 Å². The van der Waals surface area contributed by atoms with Crippen molar-refractivity contribution in [2.24, 2.45) is 5.41 Å². The van der Waals surface area contributed by atoms with Crippen molar-refractivity contribution in [2.75, 3.05) is 11.9 Å². The minimum Gasteiger partial charge on any atom is -0.384 e. The van der Waals surface area contributed by atoms with Gasteiger partial charge in [0.25, 0.3) is 0 Å². The minimum absolute atomic E-state index is 0.129. The standard InChI is InChI=1S/C14H16FNO2/c1-14(2,3)13(18)16-12-7-6-10(5-4-8-17)9-11(12)15/h6-7,9,17H,8H2,1-3H3,(H,16,18). The molecule has 0 aliphatic carbocycles. The average molecular weight is 249 g/mol. The van der Waals surface area contributed by atoms with Gasteiger partial charge in [0, 0.05) is 11.0 Å². The maximum absolute atomic E-state index is 13.7. The molecule has 0 saturated carbocycles. The maximum Gasteiger partial charge on any atom is 0.229 e. The maximum atomic E-state index is 13.7. The van der Waals surface area contributed by atoms with Crippen LogP contribution in [0.4, 0.5) is 10.1 Å². The van der Waals surface area contributed by atoms with Crippen LogP contribution in [0, 0.1) is 23.1 Å². The van der Waals surface area contributed by atoms with Crippen molar-refractivity contribution in [1.29, 1.82) is 0 Å². The lowest BCUT2D eigenvalue weighted by Crippen LogP contribution is -2.28. The molecule has 0 bridgehead atoms. The van der Waals surface area contributed by atoms with Crippen LogP contribution >= 0.6 is 0 Å². The Morgan fingerprint density at radius 1 is 1.44 bits per heavy atom. The predicted molar refractivity (Wildman–Crippen MR) is 68.4 cm³/mol. The van der Waals surface area contributed by atoms with Crippen LogP contribution in [0.1, 0.15) is 26.3 Å². The van der Waals surface area contributed by atoms with Gasteiger partial charge in [-0.1, -0.05) is 32.6 Å². The quantitative estimate of drug-likeness (QED) is 0.749. The first kappa shape index (κ1) is 14.2. The van der Waals surface area contributed by atoms with Crippen molar-refractivity contribution >= 4 is 11.6 Å². The number of aliphatic hydroxyl groups excluding tert-OH is 1. The molecule has 0 radical (unpaired) electrons. The number of anilines is 1. The van der Waals surface area contributed by atoms with E-state index in [1.807, 2.05) is 0 Å². The Balaban J connectivity index is 2.90. The summed E-state index contributed by atoms with van der Waals surface area (Å²) < 4.78 is 13.7. The Hall–Kier alpha value is -1.86. The first-order valence-corrected chi connectivity index (χ1v) is 5.55. The van der Waals surface area contributed by atoms with E-state index >= 15 is 0 Å². The van der Waals surface area contributed by atoms with E-state index in [1.54, 1.807) is 26.8 Å². The van der Waals surface area contributed by atoms with Crippen molar-refractivity contribution in [2.45, 2.75) is 20.8 Å². The van der Waals surface area contributed by atoms with Crippen molar-refractivity contribution in [3.05, 3.63) is 29.6 Å². The predicted octanol–water partition coefficient (Wildman–Crippen LogP) is 2.15. The smallest absolute Gasteiger partial charge is 0.229 e. The van der Waals surface area contributed by atoms with Crippen LogP contribution in [-0.4, -0.2) is 17.6 Å². The lowest BCUT2D eigenvalue weighted by atomic mass is 9.95. The van der Waals surface area contributed by atoms with Gasteiger partial charge in [0.1, 0.15) is 12.4 Å². The van der Waals surface area contributed by atoms with Crippen LogP contribution in [-0.2, 0) is 4.79 Å².